The summed E-state index contributed by atoms with van der Waals surface area (Å²) in [6.07, 6.45) is 0. The monoisotopic (exact) mass is 240 g/mol. The van der Waals surface area contributed by atoms with Gasteiger partial charge in [0.25, 0.3) is 0 Å². The molecule has 2 rings (SSSR count). The van der Waals surface area contributed by atoms with E-state index in [1.165, 1.54) is 0 Å². The predicted molar refractivity (Wildman–Crippen MR) is 54.8 cm³/mol. The van der Waals surface area contributed by atoms with Gasteiger partial charge in [-0.05, 0) is 35.0 Å². The van der Waals surface area contributed by atoms with Gasteiger partial charge in [0, 0.05) is 12.6 Å². The molecule has 0 saturated carbocycles. The van der Waals surface area contributed by atoms with Gasteiger partial charge >= 0.3 is 0 Å². The maximum atomic E-state index is 9.24. The van der Waals surface area contributed by atoms with E-state index < -0.39 is 0 Å². The van der Waals surface area contributed by atoms with Crippen LogP contribution in [0.15, 0.2) is 22.9 Å². The van der Waals surface area contributed by atoms with E-state index in [0.717, 1.165) is 22.3 Å². The molecule has 1 aromatic carbocycles. The number of rotatable bonds is 1. The quantitative estimate of drug-likeness (QED) is 0.832. The minimum absolute atomic E-state index is 0.251. The molecule has 2 aromatic rings. The van der Waals surface area contributed by atoms with Crippen molar-refractivity contribution in [1.82, 2.24) is 9.55 Å². The summed E-state index contributed by atoms with van der Waals surface area (Å²) in [6.45, 7) is 2.92. The molecule has 1 aromatic heterocycles. The van der Waals surface area contributed by atoms with Gasteiger partial charge in [-0.15, -0.1) is 0 Å². The molecule has 0 saturated heterocycles. The SMILES string of the molecule is CCn1c(Br)nc2cc(O)ccc21. The zero-order valence-electron chi connectivity index (χ0n) is 7.16. The number of aromatic nitrogens is 2. The van der Waals surface area contributed by atoms with Crippen LogP contribution in [0.4, 0.5) is 0 Å². The highest BCUT2D eigenvalue weighted by molar-refractivity contribution is 9.10. The minimum atomic E-state index is 0.251. The Kier molecular flexibility index (Phi) is 2.00. The molecule has 0 bridgehead atoms. The first-order chi connectivity index (χ1) is 6.22. The molecule has 3 nitrogen and oxygen atoms in total. The average molecular weight is 241 g/mol. The molecular formula is C9H9BrN2O. The third-order valence-corrected chi connectivity index (χ3v) is 2.61. The van der Waals surface area contributed by atoms with Crippen LogP contribution in [0.1, 0.15) is 6.92 Å². The predicted octanol–water partition coefficient (Wildman–Crippen LogP) is 2.52. The summed E-state index contributed by atoms with van der Waals surface area (Å²) in [6, 6.07) is 5.20. The zero-order valence-corrected chi connectivity index (χ0v) is 8.74. The molecule has 4 heteroatoms. The number of nitrogens with zero attached hydrogens (tertiary/aromatic N) is 2. The summed E-state index contributed by atoms with van der Waals surface area (Å²) in [5, 5.41) is 9.24. The van der Waals surface area contributed by atoms with Gasteiger partial charge in [-0.1, -0.05) is 0 Å². The van der Waals surface area contributed by atoms with Gasteiger partial charge in [-0.3, -0.25) is 0 Å². The number of phenols is 1. The second-order valence-corrected chi connectivity index (χ2v) is 3.51. The Bertz CT molecular complexity index is 450. The van der Waals surface area contributed by atoms with Crippen LogP contribution in [0.5, 0.6) is 5.75 Å². The lowest BCUT2D eigenvalue weighted by Gasteiger charge is -1.99. The lowest BCUT2D eigenvalue weighted by atomic mass is 10.3. The molecule has 0 amide bonds. The van der Waals surface area contributed by atoms with Crippen molar-refractivity contribution in [2.45, 2.75) is 13.5 Å². The summed E-state index contributed by atoms with van der Waals surface area (Å²) >= 11 is 3.36. The van der Waals surface area contributed by atoms with Crippen molar-refractivity contribution in [2.24, 2.45) is 0 Å². The Labute approximate surface area is 84.1 Å². The van der Waals surface area contributed by atoms with Gasteiger partial charge in [0.2, 0.25) is 0 Å². The van der Waals surface area contributed by atoms with Crippen molar-refractivity contribution in [1.29, 1.82) is 0 Å². The summed E-state index contributed by atoms with van der Waals surface area (Å²) < 4.78 is 2.84. The molecule has 0 aliphatic rings. The van der Waals surface area contributed by atoms with E-state index in [4.69, 9.17) is 0 Å². The Hall–Kier alpha value is -1.03. The van der Waals surface area contributed by atoms with E-state index in [0.29, 0.717) is 0 Å². The largest absolute Gasteiger partial charge is 0.508 e. The molecule has 0 unspecified atom stereocenters. The number of hydrogen-bond acceptors (Lipinski definition) is 2. The van der Waals surface area contributed by atoms with Gasteiger partial charge in [0.1, 0.15) is 5.75 Å². The smallest absolute Gasteiger partial charge is 0.178 e. The second kappa shape index (κ2) is 3.03. The van der Waals surface area contributed by atoms with Gasteiger partial charge in [-0.25, -0.2) is 4.98 Å². The lowest BCUT2D eigenvalue weighted by molar-refractivity contribution is 0.476. The summed E-state index contributed by atoms with van der Waals surface area (Å²) in [7, 11) is 0. The Balaban J connectivity index is 2.79. The number of imidazole rings is 1. The number of halogens is 1. The number of hydrogen-bond donors (Lipinski definition) is 1. The molecule has 0 fully saturated rings. The molecule has 13 heavy (non-hydrogen) atoms. The van der Waals surface area contributed by atoms with Gasteiger partial charge in [-0.2, -0.15) is 0 Å². The Morgan fingerprint density at radius 3 is 3.00 bits per heavy atom. The number of aryl methyl sites for hydroxylation is 1. The van der Waals surface area contributed by atoms with Crippen molar-refractivity contribution >= 4 is 27.0 Å². The summed E-state index contributed by atoms with van der Waals surface area (Å²) in [5.74, 6) is 0.251. The number of phenolic OH excluding ortho intramolecular Hbond substituents is 1. The first kappa shape index (κ1) is 8.56. The van der Waals surface area contributed by atoms with Crippen LogP contribution in [0.25, 0.3) is 11.0 Å². The second-order valence-electron chi connectivity index (χ2n) is 2.80. The van der Waals surface area contributed by atoms with E-state index in [1.807, 2.05) is 10.6 Å². The maximum absolute atomic E-state index is 9.24. The van der Waals surface area contributed by atoms with Crippen molar-refractivity contribution in [2.75, 3.05) is 0 Å². The molecule has 0 aliphatic heterocycles. The van der Waals surface area contributed by atoms with Gasteiger partial charge in [0.05, 0.1) is 11.0 Å². The van der Waals surface area contributed by atoms with Crippen molar-refractivity contribution in [3.8, 4) is 5.75 Å². The Morgan fingerprint density at radius 1 is 1.54 bits per heavy atom. The highest BCUT2D eigenvalue weighted by Crippen LogP contribution is 2.23. The highest BCUT2D eigenvalue weighted by atomic mass is 79.9. The van der Waals surface area contributed by atoms with Gasteiger partial charge < -0.3 is 9.67 Å². The number of benzene rings is 1. The molecular weight excluding hydrogens is 232 g/mol. The van der Waals surface area contributed by atoms with E-state index in [-0.39, 0.29) is 5.75 Å². The van der Waals surface area contributed by atoms with E-state index in [9.17, 15) is 5.11 Å². The molecule has 0 aliphatic carbocycles. The van der Waals surface area contributed by atoms with Crippen LogP contribution in [-0.4, -0.2) is 14.7 Å². The van der Waals surface area contributed by atoms with Crippen LogP contribution in [0.2, 0.25) is 0 Å². The highest BCUT2D eigenvalue weighted by Gasteiger charge is 2.06. The van der Waals surface area contributed by atoms with E-state index in [1.54, 1.807) is 12.1 Å². The Morgan fingerprint density at radius 2 is 2.31 bits per heavy atom. The van der Waals surface area contributed by atoms with Crippen molar-refractivity contribution < 1.29 is 5.11 Å². The van der Waals surface area contributed by atoms with Crippen molar-refractivity contribution in [3.05, 3.63) is 22.9 Å². The third-order valence-electron chi connectivity index (χ3n) is 2.00. The van der Waals surface area contributed by atoms with E-state index in [2.05, 4.69) is 27.8 Å². The fourth-order valence-electron chi connectivity index (χ4n) is 1.39. The topological polar surface area (TPSA) is 38.0 Å². The third kappa shape index (κ3) is 1.31. The standard InChI is InChI=1S/C9H9BrN2O/c1-2-12-8-4-3-6(13)5-7(8)11-9(12)10/h3-5,13H,2H2,1H3. The molecule has 1 N–H and O–H groups in total. The molecule has 0 atom stereocenters. The fraction of sp³-hybridized carbons (Fsp3) is 0.222. The molecule has 68 valence electrons. The van der Waals surface area contributed by atoms with Crippen molar-refractivity contribution in [3.63, 3.8) is 0 Å². The average Bonchev–Trinajstić information content (AvgIpc) is 2.39. The summed E-state index contributed by atoms with van der Waals surface area (Å²) in [5.41, 5.74) is 1.85. The fourth-order valence-corrected chi connectivity index (χ4v) is 2.02. The number of fused-ring (bicyclic) bond motifs is 1. The van der Waals surface area contributed by atoms with Crippen LogP contribution < -0.4 is 0 Å². The molecule has 0 spiro atoms. The number of aromatic hydroxyl groups is 1. The zero-order chi connectivity index (χ0) is 9.42. The van der Waals surface area contributed by atoms with Crippen LogP contribution in [0, 0.1) is 0 Å². The maximum Gasteiger partial charge on any atom is 0.178 e. The normalized spacial score (nSPS) is 10.9. The van der Waals surface area contributed by atoms with Gasteiger partial charge in [0.15, 0.2) is 4.73 Å². The minimum Gasteiger partial charge on any atom is -0.508 e. The van der Waals surface area contributed by atoms with Crippen LogP contribution in [0.3, 0.4) is 0 Å². The summed E-state index contributed by atoms with van der Waals surface area (Å²) in [4.78, 5) is 4.26. The van der Waals surface area contributed by atoms with Crippen LogP contribution >= 0.6 is 15.9 Å². The molecule has 1 heterocycles. The lowest BCUT2D eigenvalue weighted by Crippen LogP contribution is -1.92. The first-order valence-corrected chi connectivity index (χ1v) is 4.86. The molecule has 0 radical (unpaired) electrons. The first-order valence-electron chi connectivity index (χ1n) is 4.07. The van der Waals surface area contributed by atoms with E-state index >= 15 is 0 Å². The van der Waals surface area contributed by atoms with Crippen LogP contribution in [-0.2, 0) is 6.54 Å².